The zero-order valence-electron chi connectivity index (χ0n) is 8.72. The molecule has 4 nitrogen and oxygen atoms in total. The standard InChI is InChI=1S/C9H20N2O2/c1-9(2,3)7-11-8(12)13-6-4-5-10/h4-7,10H2,1-3H3,(H,11,12). The lowest BCUT2D eigenvalue weighted by Crippen LogP contribution is -2.33. The smallest absolute Gasteiger partial charge is 0.407 e. The van der Waals surface area contributed by atoms with E-state index in [1.54, 1.807) is 0 Å². The van der Waals surface area contributed by atoms with Crippen LogP contribution in [0.5, 0.6) is 0 Å². The van der Waals surface area contributed by atoms with E-state index in [9.17, 15) is 4.79 Å². The quantitative estimate of drug-likeness (QED) is 0.649. The molecule has 0 spiro atoms. The van der Waals surface area contributed by atoms with Gasteiger partial charge in [-0.05, 0) is 18.4 Å². The van der Waals surface area contributed by atoms with Crippen LogP contribution in [-0.4, -0.2) is 25.8 Å². The highest BCUT2D eigenvalue weighted by molar-refractivity contribution is 5.67. The normalized spacial score (nSPS) is 11.1. The van der Waals surface area contributed by atoms with Gasteiger partial charge in [0.15, 0.2) is 0 Å². The van der Waals surface area contributed by atoms with Crippen LogP contribution >= 0.6 is 0 Å². The van der Waals surface area contributed by atoms with Gasteiger partial charge in [0.05, 0.1) is 6.61 Å². The topological polar surface area (TPSA) is 64.3 Å². The van der Waals surface area contributed by atoms with Crippen molar-refractivity contribution in [1.29, 1.82) is 0 Å². The summed E-state index contributed by atoms with van der Waals surface area (Å²) in [6.07, 6.45) is 0.353. The van der Waals surface area contributed by atoms with Crippen molar-refractivity contribution >= 4 is 6.09 Å². The number of rotatable bonds is 4. The third-order valence-electron chi connectivity index (χ3n) is 1.34. The van der Waals surface area contributed by atoms with Gasteiger partial charge in [-0.3, -0.25) is 0 Å². The van der Waals surface area contributed by atoms with Crippen molar-refractivity contribution in [3.63, 3.8) is 0 Å². The van der Waals surface area contributed by atoms with E-state index < -0.39 is 0 Å². The molecule has 0 saturated heterocycles. The third kappa shape index (κ3) is 9.14. The Morgan fingerprint density at radius 1 is 1.46 bits per heavy atom. The highest BCUT2D eigenvalue weighted by Crippen LogP contribution is 2.10. The molecule has 0 aromatic rings. The average Bonchev–Trinajstić information content (AvgIpc) is 2.00. The van der Waals surface area contributed by atoms with Crippen molar-refractivity contribution in [3.8, 4) is 0 Å². The Morgan fingerprint density at radius 2 is 2.08 bits per heavy atom. The van der Waals surface area contributed by atoms with E-state index in [1.807, 2.05) is 20.8 Å². The van der Waals surface area contributed by atoms with Gasteiger partial charge in [0, 0.05) is 6.54 Å². The van der Waals surface area contributed by atoms with Crippen LogP contribution in [0.15, 0.2) is 0 Å². The van der Waals surface area contributed by atoms with Gasteiger partial charge in [-0.25, -0.2) is 4.79 Å². The molecular formula is C9H20N2O2. The fourth-order valence-corrected chi connectivity index (χ4v) is 0.637. The zero-order chi connectivity index (χ0) is 10.3. The SMILES string of the molecule is CC(C)(C)CNC(=O)OCCCN. The van der Waals surface area contributed by atoms with Crippen molar-refractivity contribution < 1.29 is 9.53 Å². The fraction of sp³-hybridized carbons (Fsp3) is 0.889. The van der Waals surface area contributed by atoms with Crippen molar-refractivity contribution in [2.45, 2.75) is 27.2 Å². The van der Waals surface area contributed by atoms with Gasteiger partial charge in [-0.15, -0.1) is 0 Å². The Morgan fingerprint density at radius 3 is 2.54 bits per heavy atom. The van der Waals surface area contributed by atoms with Gasteiger partial charge in [0.2, 0.25) is 0 Å². The Kier molecular flexibility index (Phi) is 5.46. The molecule has 0 aliphatic carbocycles. The maximum absolute atomic E-state index is 11.0. The van der Waals surface area contributed by atoms with Crippen LogP contribution < -0.4 is 11.1 Å². The molecule has 0 unspecified atom stereocenters. The highest BCUT2D eigenvalue weighted by Gasteiger charge is 2.11. The largest absolute Gasteiger partial charge is 0.450 e. The predicted octanol–water partition coefficient (Wildman–Crippen LogP) is 1.11. The molecule has 13 heavy (non-hydrogen) atoms. The molecule has 78 valence electrons. The Labute approximate surface area is 79.8 Å². The number of hydrogen-bond acceptors (Lipinski definition) is 3. The molecule has 0 heterocycles. The van der Waals surface area contributed by atoms with E-state index in [0.717, 1.165) is 0 Å². The number of nitrogens with two attached hydrogens (primary N) is 1. The number of carbonyl (C=O) groups excluding carboxylic acids is 1. The first kappa shape index (κ1) is 12.2. The second-order valence-corrected chi connectivity index (χ2v) is 4.19. The summed E-state index contributed by atoms with van der Waals surface area (Å²) >= 11 is 0. The van der Waals surface area contributed by atoms with Crippen molar-refractivity contribution in [1.82, 2.24) is 5.32 Å². The monoisotopic (exact) mass is 188 g/mol. The molecule has 0 bridgehead atoms. The molecule has 0 fully saturated rings. The summed E-state index contributed by atoms with van der Waals surface area (Å²) in [7, 11) is 0. The summed E-state index contributed by atoms with van der Waals surface area (Å²) < 4.78 is 4.85. The predicted molar refractivity (Wildman–Crippen MR) is 52.5 cm³/mol. The van der Waals surface area contributed by atoms with Crippen LogP contribution in [0, 0.1) is 5.41 Å². The van der Waals surface area contributed by atoms with Crippen molar-refractivity contribution in [2.75, 3.05) is 19.7 Å². The molecule has 0 aliphatic heterocycles. The molecule has 1 amide bonds. The number of nitrogens with one attached hydrogen (secondary N) is 1. The molecule has 0 aliphatic rings. The molecular weight excluding hydrogens is 168 g/mol. The van der Waals surface area contributed by atoms with E-state index in [0.29, 0.717) is 26.1 Å². The molecule has 4 heteroatoms. The van der Waals surface area contributed by atoms with E-state index >= 15 is 0 Å². The van der Waals surface area contributed by atoms with Gasteiger partial charge >= 0.3 is 6.09 Å². The first-order chi connectivity index (χ1) is 5.95. The molecule has 0 radical (unpaired) electrons. The Bertz CT molecular complexity index is 152. The third-order valence-corrected chi connectivity index (χ3v) is 1.34. The van der Waals surface area contributed by atoms with Crippen molar-refractivity contribution in [2.24, 2.45) is 11.1 Å². The average molecular weight is 188 g/mol. The Hall–Kier alpha value is -0.770. The molecule has 0 atom stereocenters. The molecule has 3 N–H and O–H groups in total. The van der Waals surface area contributed by atoms with E-state index in [4.69, 9.17) is 10.5 Å². The second-order valence-electron chi connectivity index (χ2n) is 4.19. The summed E-state index contributed by atoms with van der Waals surface area (Å²) in [5, 5.41) is 2.68. The van der Waals surface area contributed by atoms with E-state index in [1.165, 1.54) is 0 Å². The lowest BCUT2D eigenvalue weighted by Gasteiger charge is -2.18. The lowest BCUT2D eigenvalue weighted by atomic mass is 9.97. The van der Waals surface area contributed by atoms with Crippen LogP contribution in [-0.2, 0) is 4.74 Å². The zero-order valence-corrected chi connectivity index (χ0v) is 8.72. The number of carbonyl (C=O) groups is 1. The van der Waals surface area contributed by atoms with Gasteiger partial charge in [-0.2, -0.15) is 0 Å². The maximum atomic E-state index is 11.0. The lowest BCUT2D eigenvalue weighted by molar-refractivity contribution is 0.141. The van der Waals surface area contributed by atoms with Crippen LogP contribution in [0.1, 0.15) is 27.2 Å². The first-order valence-electron chi connectivity index (χ1n) is 4.56. The molecule has 0 saturated carbocycles. The van der Waals surface area contributed by atoms with Crippen LogP contribution in [0.2, 0.25) is 0 Å². The highest BCUT2D eigenvalue weighted by atomic mass is 16.5. The van der Waals surface area contributed by atoms with Crippen LogP contribution in [0.25, 0.3) is 0 Å². The first-order valence-corrected chi connectivity index (χ1v) is 4.56. The molecule has 0 aromatic carbocycles. The van der Waals surface area contributed by atoms with Crippen LogP contribution in [0.3, 0.4) is 0 Å². The van der Waals surface area contributed by atoms with E-state index in [2.05, 4.69) is 5.32 Å². The van der Waals surface area contributed by atoms with Gasteiger partial charge < -0.3 is 15.8 Å². The summed E-state index contributed by atoms with van der Waals surface area (Å²) in [4.78, 5) is 11.0. The van der Waals surface area contributed by atoms with Gasteiger partial charge in [0.25, 0.3) is 0 Å². The molecule has 0 rings (SSSR count). The summed E-state index contributed by atoms with van der Waals surface area (Å²) in [6.45, 7) is 7.71. The number of ether oxygens (including phenoxy) is 1. The Balaban J connectivity index is 3.41. The minimum atomic E-state index is -0.358. The fourth-order valence-electron chi connectivity index (χ4n) is 0.637. The minimum Gasteiger partial charge on any atom is -0.450 e. The number of hydrogen-bond donors (Lipinski definition) is 2. The van der Waals surface area contributed by atoms with Gasteiger partial charge in [-0.1, -0.05) is 20.8 Å². The van der Waals surface area contributed by atoms with Crippen LogP contribution in [0.4, 0.5) is 4.79 Å². The van der Waals surface area contributed by atoms with Crippen molar-refractivity contribution in [3.05, 3.63) is 0 Å². The molecule has 0 aromatic heterocycles. The minimum absolute atomic E-state index is 0.0902. The maximum Gasteiger partial charge on any atom is 0.407 e. The number of alkyl carbamates (subject to hydrolysis) is 1. The second kappa shape index (κ2) is 5.80. The summed E-state index contributed by atoms with van der Waals surface area (Å²) in [5.74, 6) is 0. The van der Waals surface area contributed by atoms with E-state index in [-0.39, 0.29) is 11.5 Å². The summed E-state index contributed by atoms with van der Waals surface area (Å²) in [6, 6.07) is 0. The summed E-state index contributed by atoms with van der Waals surface area (Å²) in [5.41, 5.74) is 5.34. The van der Waals surface area contributed by atoms with Gasteiger partial charge in [0.1, 0.15) is 0 Å². The number of amides is 1.